The van der Waals surface area contributed by atoms with E-state index in [9.17, 15) is 14.4 Å². The number of carbonyl (C=O) groups excluding carboxylic acids is 3. The van der Waals surface area contributed by atoms with Crippen molar-refractivity contribution in [2.45, 2.75) is 297 Å². The monoisotopic (exact) mass is 821 g/mol. The highest BCUT2D eigenvalue weighted by Crippen LogP contribution is 2.17. The number of hydrogen-bond donors (Lipinski definition) is 0. The van der Waals surface area contributed by atoms with E-state index in [-0.39, 0.29) is 31.1 Å². The molecule has 0 aliphatic rings. The Morgan fingerprint density at radius 2 is 0.569 bits per heavy atom. The first-order valence-electron chi connectivity index (χ1n) is 25.9. The van der Waals surface area contributed by atoms with Gasteiger partial charge in [-0.3, -0.25) is 14.4 Å². The summed E-state index contributed by atoms with van der Waals surface area (Å²) in [6.07, 6.45) is 48.2. The Hall–Kier alpha value is -1.59. The minimum absolute atomic E-state index is 0.0631. The second-order valence-electron chi connectivity index (χ2n) is 18.3. The molecule has 0 aromatic rings. The summed E-state index contributed by atoms with van der Waals surface area (Å²) in [4.78, 5) is 37.8. The number of unbranched alkanes of at least 4 members (excludes halogenated alkanes) is 34. The molecule has 1 atom stereocenters. The molecular weight excluding hydrogens is 721 g/mol. The maximum absolute atomic E-state index is 12.8. The molecule has 0 spiro atoms. The molecule has 0 saturated carbocycles. The van der Waals surface area contributed by atoms with E-state index in [1.54, 1.807) is 0 Å². The van der Waals surface area contributed by atoms with Gasteiger partial charge in [0.1, 0.15) is 13.2 Å². The molecule has 0 fully saturated rings. The van der Waals surface area contributed by atoms with Gasteiger partial charge in [-0.1, -0.05) is 252 Å². The van der Waals surface area contributed by atoms with Crippen molar-refractivity contribution in [1.82, 2.24) is 0 Å². The molecule has 0 rings (SSSR count). The Bertz CT molecular complexity index is 872. The molecule has 0 aliphatic carbocycles. The molecule has 58 heavy (non-hydrogen) atoms. The van der Waals surface area contributed by atoms with Crippen LogP contribution >= 0.6 is 0 Å². The fourth-order valence-electron chi connectivity index (χ4n) is 7.86. The molecule has 0 heterocycles. The largest absolute Gasteiger partial charge is 0.462 e. The summed E-state index contributed by atoms with van der Waals surface area (Å²) < 4.78 is 16.7. The van der Waals surface area contributed by atoms with Crippen LogP contribution < -0.4 is 0 Å². The van der Waals surface area contributed by atoms with Crippen molar-refractivity contribution >= 4 is 17.9 Å². The first kappa shape index (κ1) is 56.4. The van der Waals surface area contributed by atoms with Gasteiger partial charge in [-0.25, -0.2) is 0 Å². The number of carbonyl (C=O) groups is 3. The molecule has 344 valence electrons. The topological polar surface area (TPSA) is 78.9 Å². The average molecular weight is 821 g/mol. The first-order chi connectivity index (χ1) is 28.4. The third-order valence-corrected chi connectivity index (χ3v) is 11.8. The second kappa shape index (κ2) is 46.5. The summed E-state index contributed by atoms with van der Waals surface area (Å²) in [6, 6.07) is 0. The van der Waals surface area contributed by atoms with E-state index in [1.807, 2.05) is 0 Å². The molecule has 0 radical (unpaired) electrons. The van der Waals surface area contributed by atoms with Gasteiger partial charge >= 0.3 is 17.9 Å². The molecule has 0 aromatic carbocycles. The lowest BCUT2D eigenvalue weighted by Gasteiger charge is -2.18. The molecule has 6 nitrogen and oxygen atoms in total. The summed E-state index contributed by atoms with van der Waals surface area (Å²) >= 11 is 0. The molecule has 0 unspecified atom stereocenters. The lowest BCUT2D eigenvalue weighted by Crippen LogP contribution is -2.30. The highest BCUT2D eigenvalue weighted by atomic mass is 16.6. The van der Waals surface area contributed by atoms with Crippen LogP contribution in [0.1, 0.15) is 291 Å². The van der Waals surface area contributed by atoms with Crippen LogP contribution in [0.2, 0.25) is 0 Å². The molecule has 0 aromatic heterocycles. The standard InChI is InChI=1S/C52H100O6/c1-5-7-9-11-13-14-15-16-17-18-19-22-25-28-32-36-40-44-51(54)57-47-49(46-56-50(53)43-39-35-30-12-10-8-6-2)58-52(55)45-41-37-33-29-26-23-20-21-24-27-31-34-38-42-48(3)4/h48-49H,5-47H2,1-4H3/t49-/m0/s1. The van der Waals surface area contributed by atoms with Crippen molar-refractivity contribution in [1.29, 1.82) is 0 Å². The maximum atomic E-state index is 12.8. The molecule has 0 bridgehead atoms. The number of ether oxygens (including phenoxy) is 3. The van der Waals surface area contributed by atoms with Crippen LogP contribution in [0.4, 0.5) is 0 Å². The fraction of sp³-hybridized carbons (Fsp3) is 0.942. The highest BCUT2D eigenvalue weighted by molar-refractivity contribution is 5.71. The smallest absolute Gasteiger partial charge is 0.306 e. The molecule has 0 amide bonds. The van der Waals surface area contributed by atoms with Gasteiger partial charge in [0.05, 0.1) is 0 Å². The van der Waals surface area contributed by atoms with Gasteiger partial charge in [0, 0.05) is 19.3 Å². The van der Waals surface area contributed by atoms with Crippen LogP contribution in [0.25, 0.3) is 0 Å². The predicted octanol–water partition coefficient (Wildman–Crippen LogP) is 16.7. The lowest BCUT2D eigenvalue weighted by atomic mass is 10.0. The molecule has 6 heteroatoms. The zero-order chi connectivity index (χ0) is 42.4. The summed E-state index contributed by atoms with van der Waals surface area (Å²) in [6.45, 7) is 9.00. The highest BCUT2D eigenvalue weighted by Gasteiger charge is 2.19. The Morgan fingerprint density at radius 3 is 0.845 bits per heavy atom. The third kappa shape index (κ3) is 45.5. The zero-order valence-electron chi connectivity index (χ0n) is 39.5. The van der Waals surface area contributed by atoms with Gasteiger partial charge in [-0.15, -0.1) is 0 Å². The van der Waals surface area contributed by atoms with E-state index in [0.717, 1.165) is 63.7 Å². The Kier molecular flexibility index (Phi) is 45.2. The van der Waals surface area contributed by atoms with Gasteiger partial charge in [-0.05, 0) is 25.2 Å². The van der Waals surface area contributed by atoms with Crippen molar-refractivity contribution in [2.75, 3.05) is 13.2 Å². The Balaban J connectivity index is 4.19. The van der Waals surface area contributed by atoms with E-state index in [0.29, 0.717) is 19.3 Å². The van der Waals surface area contributed by atoms with Crippen molar-refractivity contribution in [3.05, 3.63) is 0 Å². The van der Waals surface area contributed by atoms with E-state index in [1.165, 1.54) is 186 Å². The quantitative estimate of drug-likeness (QED) is 0.0346. The van der Waals surface area contributed by atoms with Gasteiger partial charge in [-0.2, -0.15) is 0 Å². The first-order valence-corrected chi connectivity index (χ1v) is 25.9. The van der Waals surface area contributed by atoms with E-state index < -0.39 is 6.10 Å². The Morgan fingerprint density at radius 1 is 0.328 bits per heavy atom. The van der Waals surface area contributed by atoms with Crippen LogP contribution in [0.15, 0.2) is 0 Å². The van der Waals surface area contributed by atoms with Gasteiger partial charge in [0.2, 0.25) is 0 Å². The van der Waals surface area contributed by atoms with Crippen molar-refractivity contribution < 1.29 is 28.6 Å². The van der Waals surface area contributed by atoms with Crippen LogP contribution in [-0.2, 0) is 28.6 Å². The fourth-order valence-corrected chi connectivity index (χ4v) is 7.86. The van der Waals surface area contributed by atoms with Crippen molar-refractivity contribution in [3.63, 3.8) is 0 Å². The SMILES string of the molecule is CCCCCCCCCCCCCCCCCCCC(=O)OC[C@H](COC(=O)CCCCCCCCC)OC(=O)CCCCCCCCCCCCCCCC(C)C. The minimum Gasteiger partial charge on any atom is -0.462 e. The molecule has 0 saturated heterocycles. The van der Waals surface area contributed by atoms with Crippen LogP contribution in [0.5, 0.6) is 0 Å². The maximum Gasteiger partial charge on any atom is 0.306 e. The van der Waals surface area contributed by atoms with Crippen molar-refractivity contribution in [3.8, 4) is 0 Å². The van der Waals surface area contributed by atoms with Gasteiger partial charge < -0.3 is 14.2 Å². The predicted molar refractivity (Wildman–Crippen MR) is 247 cm³/mol. The Labute approximate surface area is 361 Å². The second-order valence-corrected chi connectivity index (χ2v) is 18.3. The zero-order valence-corrected chi connectivity index (χ0v) is 39.5. The number of rotatable bonds is 47. The van der Waals surface area contributed by atoms with E-state index in [4.69, 9.17) is 14.2 Å². The lowest BCUT2D eigenvalue weighted by molar-refractivity contribution is -0.167. The normalized spacial score (nSPS) is 11.9. The molecule has 0 aliphatic heterocycles. The summed E-state index contributed by atoms with van der Waals surface area (Å²) in [7, 11) is 0. The summed E-state index contributed by atoms with van der Waals surface area (Å²) in [5.74, 6) is -0.0129. The summed E-state index contributed by atoms with van der Waals surface area (Å²) in [5, 5.41) is 0. The van der Waals surface area contributed by atoms with Crippen LogP contribution in [-0.4, -0.2) is 37.2 Å². The third-order valence-electron chi connectivity index (χ3n) is 11.8. The van der Waals surface area contributed by atoms with Gasteiger partial charge in [0.25, 0.3) is 0 Å². The average Bonchev–Trinajstić information content (AvgIpc) is 3.21. The number of hydrogen-bond acceptors (Lipinski definition) is 6. The van der Waals surface area contributed by atoms with Crippen LogP contribution in [0.3, 0.4) is 0 Å². The number of esters is 3. The van der Waals surface area contributed by atoms with E-state index in [2.05, 4.69) is 27.7 Å². The molecule has 0 N–H and O–H groups in total. The van der Waals surface area contributed by atoms with E-state index >= 15 is 0 Å². The molecular formula is C52H100O6. The minimum atomic E-state index is -0.759. The van der Waals surface area contributed by atoms with Crippen LogP contribution in [0, 0.1) is 5.92 Å². The van der Waals surface area contributed by atoms with Crippen molar-refractivity contribution in [2.24, 2.45) is 5.92 Å². The summed E-state index contributed by atoms with van der Waals surface area (Å²) in [5.41, 5.74) is 0. The van der Waals surface area contributed by atoms with Gasteiger partial charge in [0.15, 0.2) is 6.10 Å².